The van der Waals surface area contributed by atoms with Crippen LogP contribution in [0, 0.1) is 3.57 Å². The molecule has 0 radical (unpaired) electrons. The Hall–Kier alpha value is -0.280. The Morgan fingerprint density at radius 2 is 1.90 bits per heavy atom. The highest BCUT2D eigenvalue weighted by molar-refractivity contribution is 14.1. The SMILES string of the molecule is Nc1nc(-c2ncc(Br)cc2Br)nc(C2CCCC2)c1I. The van der Waals surface area contributed by atoms with Crippen molar-refractivity contribution in [2.24, 2.45) is 0 Å². The van der Waals surface area contributed by atoms with Crippen LogP contribution in [0.25, 0.3) is 11.5 Å². The average Bonchev–Trinajstić information content (AvgIpc) is 2.96. The highest BCUT2D eigenvalue weighted by Gasteiger charge is 2.24. The molecule has 1 saturated carbocycles. The fourth-order valence-electron chi connectivity index (χ4n) is 2.64. The number of anilines is 1. The van der Waals surface area contributed by atoms with Gasteiger partial charge in [0.2, 0.25) is 0 Å². The van der Waals surface area contributed by atoms with Crippen molar-refractivity contribution in [3.05, 3.63) is 30.5 Å². The van der Waals surface area contributed by atoms with E-state index in [1.165, 1.54) is 25.7 Å². The topological polar surface area (TPSA) is 64.7 Å². The number of hydrogen-bond donors (Lipinski definition) is 1. The second kappa shape index (κ2) is 6.45. The third-order valence-electron chi connectivity index (χ3n) is 3.66. The van der Waals surface area contributed by atoms with Crippen LogP contribution in [-0.4, -0.2) is 15.0 Å². The molecule has 1 aliphatic rings. The van der Waals surface area contributed by atoms with Crippen LogP contribution in [0.2, 0.25) is 0 Å². The van der Waals surface area contributed by atoms with Crippen molar-refractivity contribution in [2.45, 2.75) is 31.6 Å². The van der Waals surface area contributed by atoms with E-state index in [0.717, 1.165) is 23.9 Å². The maximum absolute atomic E-state index is 6.10. The summed E-state index contributed by atoms with van der Waals surface area (Å²) in [5.41, 5.74) is 7.89. The van der Waals surface area contributed by atoms with Gasteiger partial charge in [-0.3, -0.25) is 4.98 Å². The maximum atomic E-state index is 6.10. The molecule has 0 bridgehead atoms. The number of aromatic nitrogens is 3. The lowest BCUT2D eigenvalue weighted by atomic mass is 10.0. The fourth-order valence-corrected chi connectivity index (χ4v) is 4.48. The van der Waals surface area contributed by atoms with Crippen molar-refractivity contribution < 1.29 is 0 Å². The third-order valence-corrected chi connectivity index (χ3v) is 5.81. The molecule has 2 heterocycles. The largest absolute Gasteiger partial charge is 0.383 e. The molecule has 0 amide bonds. The second-order valence-electron chi connectivity index (χ2n) is 5.10. The van der Waals surface area contributed by atoms with Gasteiger partial charge < -0.3 is 5.73 Å². The summed E-state index contributed by atoms with van der Waals surface area (Å²) in [7, 11) is 0. The van der Waals surface area contributed by atoms with Crippen molar-refractivity contribution in [2.75, 3.05) is 5.73 Å². The van der Waals surface area contributed by atoms with Gasteiger partial charge in [-0.1, -0.05) is 12.8 Å². The van der Waals surface area contributed by atoms with Crippen LogP contribution in [-0.2, 0) is 0 Å². The molecule has 2 N–H and O–H groups in total. The number of nitrogens with two attached hydrogens (primary N) is 1. The van der Waals surface area contributed by atoms with E-state index in [-0.39, 0.29) is 0 Å². The van der Waals surface area contributed by atoms with Gasteiger partial charge >= 0.3 is 0 Å². The molecule has 0 aliphatic heterocycles. The molecule has 7 heteroatoms. The normalized spacial score (nSPS) is 15.6. The molecule has 0 unspecified atom stereocenters. The van der Waals surface area contributed by atoms with E-state index in [0.29, 0.717) is 17.6 Å². The van der Waals surface area contributed by atoms with Gasteiger partial charge in [0.05, 0.1) is 9.26 Å². The Balaban J connectivity index is 2.10. The van der Waals surface area contributed by atoms with Gasteiger partial charge in [0.25, 0.3) is 0 Å². The summed E-state index contributed by atoms with van der Waals surface area (Å²) in [6, 6.07) is 1.94. The molecule has 1 aliphatic carbocycles. The summed E-state index contributed by atoms with van der Waals surface area (Å²) in [6.07, 6.45) is 6.63. The molecule has 2 aromatic heterocycles. The average molecular weight is 524 g/mol. The van der Waals surface area contributed by atoms with Gasteiger partial charge in [0.1, 0.15) is 11.5 Å². The quantitative estimate of drug-likeness (QED) is 0.568. The Morgan fingerprint density at radius 3 is 2.57 bits per heavy atom. The smallest absolute Gasteiger partial charge is 0.181 e. The zero-order valence-electron chi connectivity index (χ0n) is 11.1. The molecule has 0 aromatic carbocycles. The standard InChI is InChI=1S/C14H13Br2IN4/c15-8-5-9(16)12(19-6-8)14-20-11(7-3-1-2-4-7)10(17)13(18)21-14/h5-7H,1-4H2,(H2,18,20,21). The number of pyridine rings is 1. The molecule has 3 rings (SSSR count). The van der Waals surface area contributed by atoms with Crippen molar-refractivity contribution in [1.29, 1.82) is 0 Å². The highest BCUT2D eigenvalue weighted by Crippen LogP contribution is 2.37. The molecule has 0 saturated heterocycles. The summed E-state index contributed by atoms with van der Waals surface area (Å²) in [6.45, 7) is 0. The van der Waals surface area contributed by atoms with Crippen LogP contribution in [0.3, 0.4) is 0 Å². The summed E-state index contributed by atoms with van der Waals surface area (Å²) in [4.78, 5) is 13.6. The minimum absolute atomic E-state index is 0.496. The van der Waals surface area contributed by atoms with Gasteiger partial charge in [0.15, 0.2) is 5.82 Å². The summed E-state index contributed by atoms with van der Waals surface area (Å²) in [5.74, 6) is 1.63. The summed E-state index contributed by atoms with van der Waals surface area (Å²) in [5, 5.41) is 0. The zero-order chi connectivity index (χ0) is 15.0. The Labute approximate surface area is 153 Å². The van der Waals surface area contributed by atoms with Gasteiger partial charge in [-0.25, -0.2) is 9.97 Å². The predicted molar refractivity (Wildman–Crippen MR) is 99.0 cm³/mol. The predicted octanol–water partition coefficient (Wildman–Crippen LogP) is 4.91. The lowest BCUT2D eigenvalue weighted by Crippen LogP contribution is -2.08. The van der Waals surface area contributed by atoms with Crippen LogP contribution < -0.4 is 5.73 Å². The maximum Gasteiger partial charge on any atom is 0.181 e. The van der Waals surface area contributed by atoms with Gasteiger partial charge in [-0.15, -0.1) is 0 Å². The van der Waals surface area contributed by atoms with E-state index in [1.54, 1.807) is 6.20 Å². The molecular formula is C14H13Br2IN4. The van der Waals surface area contributed by atoms with Crippen molar-refractivity contribution >= 4 is 60.3 Å². The van der Waals surface area contributed by atoms with Crippen molar-refractivity contribution in [3.63, 3.8) is 0 Å². The van der Waals surface area contributed by atoms with E-state index < -0.39 is 0 Å². The number of halogens is 3. The van der Waals surface area contributed by atoms with Crippen molar-refractivity contribution in [1.82, 2.24) is 15.0 Å². The van der Waals surface area contributed by atoms with Gasteiger partial charge in [-0.05, 0) is 73.4 Å². The van der Waals surface area contributed by atoms with E-state index in [1.807, 2.05) is 6.07 Å². The first-order valence-corrected chi connectivity index (χ1v) is 9.37. The summed E-state index contributed by atoms with van der Waals surface area (Å²) < 4.78 is 2.75. The highest BCUT2D eigenvalue weighted by atomic mass is 127. The second-order valence-corrected chi connectivity index (χ2v) is 7.95. The van der Waals surface area contributed by atoms with E-state index in [2.05, 4.69) is 64.4 Å². The molecule has 4 nitrogen and oxygen atoms in total. The lowest BCUT2D eigenvalue weighted by Gasteiger charge is -2.14. The number of hydrogen-bond acceptors (Lipinski definition) is 4. The molecule has 21 heavy (non-hydrogen) atoms. The van der Waals surface area contributed by atoms with Gasteiger partial charge in [0, 0.05) is 21.1 Å². The molecule has 1 fully saturated rings. The molecule has 0 spiro atoms. The monoisotopic (exact) mass is 522 g/mol. The van der Waals surface area contributed by atoms with Crippen LogP contribution in [0.15, 0.2) is 21.2 Å². The van der Waals surface area contributed by atoms with Crippen LogP contribution in [0.4, 0.5) is 5.82 Å². The van der Waals surface area contributed by atoms with E-state index in [4.69, 9.17) is 10.7 Å². The molecular weight excluding hydrogens is 511 g/mol. The first-order chi connectivity index (χ1) is 10.1. The van der Waals surface area contributed by atoms with E-state index >= 15 is 0 Å². The first kappa shape index (κ1) is 15.6. The Kier molecular flexibility index (Phi) is 4.80. The zero-order valence-corrected chi connectivity index (χ0v) is 16.4. The fraction of sp³-hybridized carbons (Fsp3) is 0.357. The first-order valence-electron chi connectivity index (χ1n) is 6.70. The van der Waals surface area contributed by atoms with Crippen molar-refractivity contribution in [3.8, 4) is 11.5 Å². The minimum atomic E-state index is 0.496. The van der Waals surface area contributed by atoms with E-state index in [9.17, 15) is 0 Å². The molecule has 2 aromatic rings. The molecule has 110 valence electrons. The lowest BCUT2D eigenvalue weighted by molar-refractivity contribution is 0.691. The van der Waals surface area contributed by atoms with Crippen LogP contribution >= 0.6 is 54.5 Å². The molecule has 0 atom stereocenters. The Morgan fingerprint density at radius 1 is 1.19 bits per heavy atom. The van der Waals surface area contributed by atoms with Crippen LogP contribution in [0.1, 0.15) is 37.3 Å². The summed E-state index contributed by atoms with van der Waals surface area (Å²) >= 11 is 9.18. The Bertz CT molecular complexity index is 687. The van der Waals surface area contributed by atoms with Gasteiger partial charge in [-0.2, -0.15) is 0 Å². The third kappa shape index (κ3) is 3.24. The minimum Gasteiger partial charge on any atom is -0.383 e. The number of rotatable bonds is 2. The number of nitrogens with zero attached hydrogens (tertiary/aromatic N) is 3. The number of nitrogen functional groups attached to an aromatic ring is 1. The van der Waals surface area contributed by atoms with Crippen LogP contribution in [0.5, 0.6) is 0 Å².